The molecule has 0 aromatic rings. The average molecular weight is 267 g/mol. The lowest BCUT2D eigenvalue weighted by molar-refractivity contribution is -0.130. The summed E-state index contributed by atoms with van der Waals surface area (Å²) >= 11 is 0. The molecule has 0 saturated carbocycles. The van der Waals surface area contributed by atoms with Gasteiger partial charge < -0.3 is 10.1 Å². The van der Waals surface area contributed by atoms with Crippen LogP contribution in [-0.4, -0.2) is 35.7 Å². The Hall–Kier alpha value is -1.10. The van der Waals surface area contributed by atoms with Crippen LogP contribution in [0.25, 0.3) is 0 Å². The second kappa shape index (κ2) is 4.78. The Morgan fingerprint density at radius 1 is 1.47 bits per heavy atom. The molecule has 19 heavy (non-hydrogen) atoms. The maximum absolute atomic E-state index is 12.3. The first-order valence-corrected chi connectivity index (χ1v) is 7.03. The SMILES string of the molecule is CC(C)C1CC2(CCO1)N=C(NC(C)(C)C)NC2=O. The summed E-state index contributed by atoms with van der Waals surface area (Å²) in [6, 6.07) is 0. The van der Waals surface area contributed by atoms with Gasteiger partial charge >= 0.3 is 0 Å². The van der Waals surface area contributed by atoms with Gasteiger partial charge in [0.25, 0.3) is 5.91 Å². The number of hydrogen-bond donors (Lipinski definition) is 2. The molecular weight excluding hydrogens is 242 g/mol. The van der Waals surface area contributed by atoms with E-state index in [1.54, 1.807) is 0 Å². The predicted octanol–water partition coefficient (Wildman–Crippen LogP) is 1.43. The summed E-state index contributed by atoms with van der Waals surface area (Å²) in [5.41, 5.74) is -0.735. The minimum atomic E-state index is -0.624. The highest BCUT2D eigenvalue weighted by Gasteiger charge is 2.48. The van der Waals surface area contributed by atoms with Crippen LogP contribution in [0.1, 0.15) is 47.5 Å². The molecule has 0 aliphatic carbocycles. The monoisotopic (exact) mass is 267 g/mol. The summed E-state index contributed by atoms with van der Waals surface area (Å²) in [7, 11) is 0. The van der Waals surface area contributed by atoms with Crippen molar-refractivity contribution in [3.63, 3.8) is 0 Å². The van der Waals surface area contributed by atoms with E-state index in [2.05, 4.69) is 29.5 Å². The molecule has 1 saturated heterocycles. The van der Waals surface area contributed by atoms with E-state index in [9.17, 15) is 4.79 Å². The van der Waals surface area contributed by atoms with Crippen LogP contribution in [-0.2, 0) is 9.53 Å². The summed E-state index contributed by atoms with van der Waals surface area (Å²) < 4.78 is 5.74. The Kier molecular flexibility index (Phi) is 3.60. The van der Waals surface area contributed by atoms with Crippen LogP contribution in [0.4, 0.5) is 0 Å². The zero-order chi connectivity index (χ0) is 14.3. The van der Waals surface area contributed by atoms with E-state index < -0.39 is 5.54 Å². The van der Waals surface area contributed by atoms with Crippen molar-refractivity contribution in [1.82, 2.24) is 10.6 Å². The van der Waals surface area contributed by atoms with E-state index in [0.717, 1.165) is 0 Å². The van der Waals surface area contributed by atoms with Gasteiger partial charge in [0.05, 0.1) is 6.10 Å². The van der Waals surface area contributed by atoms with Crippen molar-refractivity contribution in [1.29, 1.82) is 0 Å². The van der Waals surface area contributed by atoms with Crippen LogP contribution in [0.2, 0.25) is 0 Å². The molecule has 108 valence electrons. The normalized spacial score (nSPS) is 31.6. The molecule has 0 radical (unpaired) electrons. The highest BCUT2D eigenvalue weighted by Crippen LogP contribution is 2.34. The first-order valence-electron chi connectivity index (χ1n) is 7.03. The molecular formula is C14H25N3O2. The van der Waals surface area contributed by atoms with Gasteiger partial charge in [-0.1, -0.05) is 13.8 Å². The summed E-state index contributed by atoms with van der Waals surface area (Å²) in [5.74, 6) is 1.01. The molecule has 2 heterocycles. The van der Waals surface area contributed by atoms with Gasteiger partial charge in [-0.05, 0) is 26.7 Å². The van der Waals surface area contributed by atoms with Gasteiger partial charge in [-0.3, -0.25) is 10.1 Å². The average Bonchev–Trinajstić information content (AvgIpc) is 2.52. The molecule has 2 aliphatic heterocycles. The van der Waals surface area contributed by atoms with Gasteiger partial charge in [0.15, 0.2) is 5.96 Å². The first-order chi connectivity index (χ1) is 8.72. The molecule has 5 heteroatoms. The Balaban J connectivity index is 2.16. The summed E-state index contributed by atoms with van der Waals surface area (Å²) in [5, 5.41) is 6.12. The highest BCUT2D eigenvalue weighted by molar-refractivity contribution is 6.07. The molecule has 2 unspecified atom stereocenters. The van der Waals surface area contributed by atoms with E-state index >= 15 is 0 Å². The van der Waals surface area contributed by atoms with Crippen LogP contribution in [0.3, 0.4) is 0 Å². The first kappa shape index (κ1) is 14.3. The third-order valence-corrected chi connectivity index (χ3v) is 3.60. The fourth-order valence-electron chi connectivity index (χ4n) is 2.54. The molecule has 0 aromatic heterocycles. The lowest BCUT2D eigenvalue weighted by Gasteiger charge is -2.35. The van der Waals surface area contributed by atoms with Crippen molar-refractivity contribution in [2.24, 2.45) is 10.9 Å². The quantitative estimate of drug-likeness (QED) is 0.755. The third-order valence-electron chi connectivity index (χ3n) is 3.60. The highest BCUT2D eigenvalue weighted by atomic mass is 16.5. The van der Waals surface area contributed by atoms with Crippen LogP contribution in [0.5, 0.6) is 0 Å². The number of carbonyl (C=O) groups is 1. The van der Waals surface area contributed by atoms with Crippen LogP contribution in [0.15, 0.2) is 4.99 Å². The zero-order valence-corrected chi connectivity index (χ0v) is 12.5. The Morgan fingerprint density at radius 3 is 2.74 bits per heavy atom. The molecule has 1 amide bonds. The minimum Gasteiger partial charge on any atom is -0.378 e. The molecule has 5 nitrogen and oxygen atoms in total. The van der Waals surface area contributed by atoms with Crippen molar-refractivity contribution < 1.29 is 9.53 Å². The van der Waals surface area contributed by atoms with Gasteiger partial charge in [-0.25, -0.2) is 4.99 Å². The Morgan fingerprint density at radius 2 is 2.16 bits per heavy atom. The maximum atomic E-state index is 12.3. The van der Waals surface area contributed by atoms with E-state index in [4.69, 9.17) is 4.74 Å². The van der Waals surface area contributed by atoms with Gasteiger partial charge in [0.2, 0.25) is 0 Å². The number of nitrogens with zero attached hydrogens (tertiary/aromatic N) is 1. The summed E-state index contributed by atoms with van der Waals surface area (Å²) in [6.07, 6.45) is 1.45. The summed E-state index contributed by atoms with van der Waals surface area (Å²) in [6.45, 7) is 11.0. The molecule has 2 aliphatic rings. The fourth-order valence-corrected chi connectivity index (χ4v) is 2.54. The van der Waals surface area contributed by atoms with E-state index in [-0.39, 0.29) is 17.6 Å². The number of hydrogen-bond acceptors (Lipinski definition) is 4. The van der Waals surface area contributed by atoms with Crippen molar-refractivity contribution in [3.8, 4) is 0 Å². The number of carbonyl (C=O) groups excluding carboxylic acids is 1. The number of rotatable bonds is 1. The largest absolute Gasteiger partial charge is 0.378 e. The van der Waals surface area contributed by atoms with Crippen molar-refractivity contribution in [2.75, 3.05) is 6.61 Å². The predicted molar refractivity (Wildman–Crippen MR) is 75.0 cm³/mol. The fraction of sp³-hybridized carbons (Fsp3) is 0.857. The van der Waals surface area contributed by atoms with Crippen molar-refractivity contribution >= 4 is 11.9 Å². The minimum absolute atomic E-state index is 0.00759. The molecule has 0 aromatic carbocycles. The zero-order valence-electron chi connectivity index (χ0n) is 12.5. The van der Waals surface area contributed by atoms with Crippen LogP contribution >= 0.6 is 0 Å². The molecule has 2 N–H and O–H groups in total. The molecule has 2 atom stereocenters. The van der Waals surface area contributed by atoms with Gasteiger partial charge in [-0.2, -0.15) is 0 Å². The van der Waals surface area contributed by atoms with Crippen molar-refractivity contribution in [2.45, 2.75) is 64.6 Å². The number of amides is 1. The van der Waals surface area contributed by atoms with Crippen LogP contribution < -0.4 is 10.6 Å². The number of ether oxygens (including phenoxy) is 1. The van der Waals surface area contributed by atoms with E-state index in [1.165, 1.54) is 0 Å². The Bertz CT molecular complexity index is 398. The van der Waals surface area contributed by atoms with Gasteiger partial charge in [0.1, 0.15) is 5.54 Å². The molecule has 1 spiro atoms. The maximum Gasteiger partial charge on any atom is 0.254 e. The molecule has 2 rings (SSSR count). The topological polar surface area (TPSA) is 62.7 Å². The number of nitrogens with one attached hydrogen (secondary N) is 2. The number of guanidine groups is 1. The van der Waals surface area contributed by atoms with Gasteiger partial charge in [0, 0.05) is 25.0 Å². The molecule has 0 bridgehead atoms. The molecule has 1 fully saturated rings. The lowest BCUT2D eigenvalue weighted by Crippen LogP contribution is -2.50. The van der Waals surface area contributed by atoms with E-state index in [1.807, 2.05) is 20.8 Å². The van der Waals surface area contributed by atoms with Gasteiger partial charge in [-0.15, -0.1) is 0 Å². The second-order valence-electron chi connectivity index (χ2n) is 6.93. The smallest absolute Gasteiger partial charge is 0.254 e. The second-order valence-corrected chi connectivity index (χ2v) is 6.93. The van der Waals surface area contributed by atoms with Crippen LogP contribution in [0, 0.1) is 5.92 Å². The van der Waals surface area contributed by atoms with E-state index in [0.29, 0.717) is 31.3 Å². The van der Waals surface area contributed by atoms with Crippen molar-refractivity contribution in [3.05, 3.63) is 0 Å². The number of aliphatic imine (C=N–C) groups is 1. The standard InChI is InChI=1S/C14H25N3O2/c1-9(2)10-8-14(6-7-19-10)11(18)15-12(17-14)16-13(3,4)5/h9-10H,6-8H2,1-5H3,(H2,15,16,17,18). The third kappa shape index (κ3) is 3.08. The lowest BCUT2D eigenvalue weighted by atomic mass is 9.83. The Labute approximate surface area is 115 Å². The summed E-state index contributed by atoms with van der Waals surface area (Å²) in [4.78, 5) is 16.9.